The lowest BCUT2D eigenvalue weighted by atomic mass is 10.2. The van der Waals surface area contributed by atoms with Crippen LogP contribution < -0.4 is 0 Å². The Kier molecular flexibility index (Phi) is 4.77. The molecule has 0 rings (SSSR count). The summed E-state index contributed by atoms with van der Waals surface area (Å²) in [7, 11) is 0. The number of rotatable bonds is 3. The highest BCUT2D eigenvalue weighted by Gasteiger charge is 2.14. The van der Waals surface area contributed by atoms with Gasteiger partial charge in [0.2, 0.25) is 6.61 Å². The molecule has 0 aromatic carbocycles. The first-order chi connectivity index (χ1) is 6.35. The van der Waals surface area contributed by atoms with E-state index in [1.807, 2.05) is 0 Å². The van der Waals surface area contributed by atoms with Crippen molar-refractivity contribution in [2.45, 2.75) is 26.4 Å². The maximum atomic E-state index is 11.0. The molecule has 0 heterocycles. The topological polar surface area (TPSA) is 52.6 Å². The molecular weight excluding hydrogens is 184 g/mol. The van der Waals surface area contributed by atoms with E-state index in [1.165, 1.54) is 0 Å². The molecule has 0 fully saturated rings. The number of carbonyl (C=O) groups is 2. The van der Waals surface area contributed by atoms with Crippen molar-refractivity contribution in [1.82, 2.24) is 0 Å². The van der Waals surface area contributed by atoms with E-state index < -0.39 is 17.5 Å². The summed E-state index contributed by atoms with van der Waals surface area (Å²) >= 11 is 0. The molecule has 0 spiro atoms. The molecule has 0 N–H and O–H groups in total. The van der Waals surface area contributed by atoms with Crippen LogP contribution in [-0.2, 0) is 19.1 Å². The Morgan fingerprint density at radius 3 is 2.14 bits per heavy atom. The Morgan fingerprint density at radius 2 is 1.71 bits per heavy atom. The van der Waals surface area contributed by atoms with Gasteiger partial charge in [-0.15, -0.1) is 0 Å². The molecule has 0 saturated heterocycles. The van der Waals surface area contributed by atoms with Crippen LogP contribution in [0.2, 0.25) is 0 Å². The maximum Gasteiger partial charge on any atom is 0.334 e. The Hall–Kier alpha value is -1.45. The van der Waals surface area contributed by atoms with Crippen molar-refractivity contribution in [3.05, 3.63) is 19.1 Å². The van der Waals surface area contributed by atoms with Crippen molar-refractivity contribution >= 4 is 11.9 Å². The molecule has 0 saturated carbocycles. The SMILES string of the molecule is [CH2+]COC(=O)/C=C/C(=O)OC(C)(C)C. The molecule has 0 unspecified atom stereocenters. The Morgan fingerprint density at radius 1 is 1.21 bits per heavy atom. The van der Waals surface area contributed by atoms with Gasteiger partial charge in [-0.2, -0.15) is 0 Å². The molecule has 0 aromatic heterocycles. The van der Waals surface area contributed by atoms with E-state index >= 15 is 0 Å². The van der Waals surface area contributed by atoms with Crippen molar-refractivity contribution < 1.29 is 19.1 Å². The highest BCUT2D eigenvalue weighted by Crippen LogP contribution is 2.06. The molecule has 0 aliphatic carbocycles. The zero-order valence-electron chi connectivity index (χ0n) is 8.70. The van der Waals surface area contributed by atoms with Gasteiger partial charge < -0.3 is 9.47 Å². The monoisotopic (exact) mass is 199 g/mol. The second-order valence-corrected chi connectivity index (χ2v) is 3.53. The third kappa shape index (κ3) is 7.21. The number of hydrogen-bond donors (Lipinski definition) is 0. The van der Waals surface area contributed by atoms with Gasteiger partial charge in [-0.05, 0) is 20.8 Å². The Balaban J connectivity index is 4.00. The predicted molar refractivity (Wildman–Crippen MR) is 51.3 cm³/mol. The molecule has 0 radical (unpaired) electrons. The molecule has 0 aliphatic heterocycles. The Labute approximate surface area is 83.9 Å². The first-order valence-electron chi connectivity index (χ1n) is 4.22. The minimum atomic E-state index is -0.606. The van der Waals surface area contributed by atoms with Crippen molar-refractivity contribution in [3.63, 3.8) is 0 Å². The van der Waals surface area contributed by atoms with Gasteiger partial charge in [-0.3, -0.25) is 0 Å². The van der Waals surface area contributed by atoms with E-state index in [-0.39, 0.29) is 6.61 Å². The van der Waals surface area contributed by atoms with Crippen LogP contribution in [0, 0.1) is 6.92 Å². The van der Waals surface area contributed by atoms with E-state index in [2.05, 4.69) is 11.7 Å². The second-order valence-electron chi connectivity index (χ2n) is 3.53. The van der Waals surface area contributed by atoms with Gasteiger partial charge >= 0.3 is 11.9 Å². The minimum absolute atomic E-state index is 0.0392. The maximum absolute atomic E-state index is 11.0. The zero-order valence-corrected chi connectivity index (χ0v) is 8.70. The van der Waals surface area contributed by atoms with Crippen LogP contribution in [0.15, 0.2) is 12.2 Å². The normalized spacial score (nSPS) is 11.4. The van der Waals surface area contributed by atoms with Gasteiger partial charge in [0.25, 0.3) is 0 Å². The van der Waals surface area contributed by atoms with Gasteiger partial charge in [-0.25, -0.2) is 9.59 Å². The molecule has 0 atom stereocenters. The number of carbonyl (C=O) groups excluding carboxylic acids is 2. The quantitative estimate of drug-likeness (QED) is 0.390. The van der Waals surface area contributed by atoms with Crippen LogP contribution in [0.3, 0.4) is 0 Å². The van der Waals surface area contributed by atoms with Crippen LogP contribution in [0.5, 0.6) is 0 Å². The first-order valence-corrected chi connectivity index (χ1v) is 4.22. The van der Waals surface area contributed by atoms with Crippen molar-refractivity contribution in [1.29, 1.82) is 0 Å². The highest BCUT2D eigenvalue weighted by atomic mass is 16.6. The predicted octanol–water partition coefficient (Wildman–Crippen LogP) is 1.26. The van der Waals surface area contributed by atoms with E-state index in [0.717, 1.165) is 12.2 Å². The molecule has 14 heavy (non-hydrogen) atoms. The fraction of sp³-hybridized carbons (Fsp3) is 0.500. The zero-order chi connectivity index (χ0) is 11.2. The standard InChI is InChI=1S/C10H15O4/c1-5-13-8(11)6-7-9(12)14-10(2,3)4/h6-7H,1,5H2,2-4H3/q+1/b7-6+. The van der Waals surface area contributed by atoms with Gasteiger partial charge in [0.15, 0.2) is 0 Å². The van der Waals surface area contributed by atoms with Gasteiger partial charge in [-0.1, -0.05) is 0 Å². The second kappa shape index (κ2) is 5.32. The van der Waals surface area contributed by atoms with Crippen LogP contribution in [0.1, 0.15) is 20.8 Å². The lowest BCUT2D eigenvalue weighted by Gasteiger charge is -2.17. The Bertz CT molecular complexity index is 235. The molecule has 4 heteroatoms. The average Bonchev–Trinajstić information content (AvgIpc) is 1.98. The summed E-state index contributed by atoms with van der Waals surface area (Å²) in [4.78, 5) is 21.8. The molecular formula is C10H15O4+. The van der Waals surface area contributed by atoms with E-state index in [0.29, 0.717) is 0 Å². The summed E-state index contributed by atoms with van der Waals surface area (Å²) in [6.07, 6.45) is 2.04. The van der Waals surface area contributed by atoms with Crippen molar-refractivity contribution in [2.24, 2.45) is 0 Å². The van der Waals surface area contributed by atoms with Crippen LogP contribution in [0.4, 0.5) is 0 Å². The summed E-state index contributed by atoms with van der Waals surface area (Å²) in [5, 5.41) is 0. The summed E-state index contributed by atoms with van der Waals surface area (Å²) in [6.45, 7) is 8.59. The summed E-state index contributed by atoms with van der Waals surface area (Å²) in [5.74, 6) is -1.18. The fourth-order valence-corrected chi connectivity index (χ4v) is 0.621. The highest BCUT2D eigenvalue weighted by molar-refractivity contribution is 5.91. The molecule has 0 aromatic rings. The summed E-state index contributed by atoms with van der Waals surface area (Å²) in [5.41, 5.74) is -0.558. The lowest BCUT2D eigenvalue weighted by Crippen LogP contribution is -2.22. The molecule has 0 bridgehead atoms. The summed E-state index contributed by atoms with van der Waals surface area (Å²) in [6, 6.07) is 0. The number of esters is 2. The summed E-state index contributed by atoms with van der Waals surface area (Å²) < 4.78 is 9.39. The van der Waals surface area contributed by atoms with Gasteiger partial charge in [0.05, 0.1) is 0 Å². The van der Waals surface area contributed by atoms with Gasteiger partial charge in [0.1, 0.15) is 12.5 Å². The third-order valence-corrected chi connectivity index (χ3v) is 1.01. The molecule has 0 aliphatic rings. The van der Waals surface area contributed by atoms with Gasteiger partial charge in [0, 0.05) is 12.2 Å². The average molecular weight is 199 g/mol. The van der Waals surface area contributed by atoms with Crippen molar-refractivity contribution in [2.75, 3.05) is 6.61 Å². The molecule has 4 nitrogen and oxygen atoms in total. The van der Waals surface area contributed by atoms with Crippen LogP contribution in [0.25, 0.3) is 0 Å². The molecule has 0 amide bonds. The first kappa shape index (κ1) is 12.6. The lowest BCUT2D eigenvalue weighted by molar-refractivity contribution is -0.149. The molecule has 78 valence electrons. The fourth-order valence-electron chi connectivity index (χ4n) is 0.621. The van der Waals surface area contributed by atoms with E-state index in [9.17, 15) is 9.59 Å². The van der Waals surface area contributed by atoms with E-state index in [1.54, 1.807) is 20.8 Å². The van der Waals surface area contributed by atoms with Crippen molar-refractivity contribution in [3.8, 4) is 0 Å². The van der Waals surface area contributed by atoms with Crippen LogP contribution >= 0.6 is 0 Å². The number of ether oxygens (including phenoxy) is 2. The smallest absolute Gasteiger partial charge is 0.334 e. The largest absolute Gasteiger partial charge is 0.457 e. The number of hydrogen-bond acceptors (Lipinski definition) is 4. The van der Waals surface area contributed by atoms with Crippen LogP contribution in [-0.4, -0.2) is 24.1 Å². The third-order valence-electron chi connectivity index (χ3n) is 1.01. The van der Waals surface area contributed by atoms with E-state index in [4.69, 9.17) is 4.74 Å². The minimum Gasteiger partial charge on any atom is -0.457 e.